The van der Waals surface area contributed by atoms with E-state index in [-0.39, 0.29) is 19.1 Å². The van der Waals surface area contributed by atoms with Gasteiger partial charge in [-0.2, -0.15) is 11.8 Å². The summed E-state index contributed by atoms with van der Waals surface area (Å²) in [4.78, 5) is 22.5. The number of hydrogen-bond donors (Lipinski definition) is 4. The Hall–Kier alpha value is -0.950. The van der Waals surface area contributed by atoms with Crippen LogP contribution >= 0.6 is 11.8 Å². The highest BCUT2D eigenvalue weighted by Crippen LogP contribution is 2.26. The minimum atomic E-state index is -1.13. The van der Waals surface area contributed by atoms with Gasteiger partial charge in [-0.05, 0) is 31.9 Å². The second-order valence-electron chi connectivity index (χ2n) is 4.73. The molecule has 1 aliphatic rings. The van der Waals surface area contributed by atoms with E-state index in [4.69, 9.17) is 10.2 Å². The monoisotopic (exact) mass is 290 g/mol. The van der Waals surface area contributed by atoms with Crippen molar-refractivity contribution in [3.05, 3.63) is 0 Å². The number of carbonyl (C=O) groups excluding carboxylic acids is 1. The quantitative estimate of drug-likeness (QED) is 0.580. The fourth-order valence-electron chi connectivity index (χ4n) is 2.21. The zero-order chi connectivity index (χ0) is 14.3. The van der Waals surface area contributed by atoms with Gasteiger partial charge in [-0.25, -0.2) is 9.59 Å². The maximum atomic E-state index is 11.7. The zero-order valence-electron chi connectivity index (χ0n) is 11.1. The largest absolute Gasteiger partial charge is 0.480 e. The standard InChI is InChI=1S/C12H22N2O4S/c1-19-9-4-2-8(3-5-9)13-12(18)14-10(6-7-15)11(16)17/h8-10,15H,2-7H2,1H3,(H,16,17)(H2,13,14,18)/t8?,9?,10-/m0/s1. The number of carboxylic acids is 1. The van der Waals surface area contributed by atoms with E-state index in [2.05, 4.69) is 16.9 Å². The Morgan fingerprint density at radius 2 is 1.95 bits per heavy atom. The molecule has 1 aliphatic carbocycles. The summed E-state index contributed by atoms with van der Waals surface area (Å²) in [6.07, 6.45) is 6.11. The molecule has 1 atom stereocenters. The lowest BCUT2D eigenvalue weighted by Gasteiger charge is -2.28. The molecule has 110 valence electrons. The summed E-state index contributed by atoms with van der Waals surface area (Å²) >= 11 is 1.85. The van der Waals surface area contributed by atoms with Gasteiger partial charge in [-0.1, -0.05) is 0 Å². The molecule has 0 aromatic carbocycles. The van der Waals surface area contributed by atoms with Gasteiger partial charge >= 0.3 is 12.0 Å². The van der Waals surface area contributed by atoms with Crippen molar-refractivity contribution in [3.8, 4) is 0 Å². The summed E-state index contributed by atoms with van der Waals surface area (Å²) in [6, 6.07) is -1.38. The molecule has 0 saturated heterocycles. The van der Waals surface area contributed by atoms with Crippen LogP contribution in [0.25, 0.3) is 0 Å². The summed E-state index contributed by atoms with van der Waals surface area (Å²) in [5, 5.41) is 23.5. The normalized spacial score (nSPS) is 24.5. The number of urea groups is 1. The SMILES string of the molecule is CSC1CCC(NC(=O)N[C@@H](CCO)C(=O)O)CC1. The number of hydrogen-bond acceptors (Lipinski definition) is 4. The van der Waals surface area contributed by atoms with Crippen LogP contribution in [0.3, 0.4) is 0 Å². The molecular formula is C12H22N2O4S. The summed E-state index contributed by atoms with van der Waals surface area (Å²) in [5.41, 5.74) is 0. The second-order valence-corrected chi connectivity index (χ2v) is 5.87. The molecule has 1 saturated carbocycles. The molecule has 19 heavy (non-hydrogen) atoms. The van der Waals surface area contributed by atoms with Gasteiger partial charge in [0, 0.05) is 24.3 Å². The summed E-state index contributed by atoms with van der Waals surface area (Å²) in [6.45, 7) is -0.268. The van der Waals surface area contributed by atoms with Crippen molar-refractivity contribution in [1.29, 1.82) is 0 Å². The van der Waals surface area contributed by atoms with Crippen LogP contribution in [0.2, 0.25) is 0 Å². The lowest BCUT2D eigenvalue weighted by molar-refractivity contribution is -0.139. The van der Waals surface area contributed by atoms with Crippen LogP contribution in [-0.4, -0.2) is 52.4 Å². The van der Waals surface area contributed by atoms with E-state index in [9.17, 15) is 9.59 Å². The van der Waals surface area contributed by atoms with Crippen LogP contribution < -0.4 is 10.6 Å². The van der Waals surface area contributed by atoms with Gasteiger partial charge in [0.15, 0.2) is 0 Å². The van der Waals surface area contributed by atoms with Crippen molar-refractivity contribution >= 4 is 23.8 Å². The topological polar surface area (TPSA) is 98.7 Å². The van der Waals surface area contributed by atoms with E-state index in [1.54, 1.807) is 0 Å². The van der Waals surface area contributed by atoms with Gasteiger partial charge in [-0.15, -0.1) is 0 Å². The van der Waals surface area contributed by atoms with Crippen molar-refractivity contribution in [2.24, 2.45) is 0 Å². The van der Waals surface area contributed by atoms with Crippen LogP contribution in [0.5, 0.6) is 0 Å². The Labute approximate surface area is 117 Å². The lowest BCUT2D eigenvalue weighted by Crippen LogP contribution is -2.50. The highest BCUT2D eigenvalue weighted by molar-refractivity contribution is 7.99. The van der Waals surface area contributed by atoms with E-state index in [1.807, 2.05) is 11.8 Å². The number of carboxylic acid groups (broad SMARTS) is 1. The fraction of sp³-hybridized carbons (Fsp3) is 0.833. The summed E-state index contributed by atoms with van der Waals surface area (Å²) in [7, 11) is 0. The van der Waals surface area contributed by atoms with E-state index in [1.165, 1.54) is 0 Å². The van der Waals surface area contributed by atoms with Crippen LogP contribution in [0, 0.1) is 0 Å². The third-order valence-corrected chi connectivity index (χ3v) is 4.50. The fourth-order valence-corrected chi connectivity index (χ4v) is 2.96. The molecule has 7 heteroatoms. The second kappa shape index (κ2) is 8.27. The molecule has 0 bridgehead atoms. The number of amides is 2. The van der Waals surface area contributed by atoms with Crippen LogP contribution in [-0.2, 0) is 4.79 Å². The van der Waals surface area contributed by atoms with Crippen molar-refractivity contribution in [1.82, 2.24) is 10.6 Å². The Morgan fingerprint density at radius 3 is 2.42 bits per heavy atom. The number of carbonyl (C=O) groups is 2. The first kappa shape index (κ1) is 16.1. The highest BCUT2D eigenvalue weighted by atomic mass is 32.2. The average molecular weight is 290 g/mol. The lowest BCUT2D eigenvalue weighted by atomic mass is 9.95. The van der Waals surface area contributed by atoms with Gasteiger partial charge in [0.1, 0.15) is 6.04 Å². The van der Waals surface area contributed by atoms with Crippen molar-refractivity contribution < 1.29 is 19.8 Å². The molecule has 0 spiro atoms. The number of rotatable bonds is 6. The van der Waals surface area contributed by atoms with Crippen LogP contribution in [0.15, 0.2) is 0 Å². The maximum Gasteiger partial charge on any atom is 0.326 e. The van der Waals surface area contributed by atoms with E-state index < -0.39 is 18.0 Å². The number of aliphatic hydroxyl groups excluding tert-OH is 1. The Bertz CT molecular complexity index is 306. The van der Waals surface area contributed by atoms with Crippen molar-refractivity contribution in [3.63, 3.8) is 0 Å². The molecule has 0 aromatic rings. The smallest absolute Gasteiger partial charge is 0.326 e. The molecule has 4 N–H and O–H groups in total. The van der Waals surface area contributed by atoms with Crippen LogP contribution in [0.4, 0.5) is 4.79 Å². The van der Waals surface area contributed by atoms with E-state index in [0.29, 0.717) is 5.25 Å². The summed E-state index contributed by atoms with van der Waals surface area (Å²) in [5.74, 6) is -1.13. The molecule has 0 unspecified atom stereocenters. The molecule has 0 aromatic heterocycles. The number of nitrogens with one attached hydrogen (secondary N) is 2. The molecule has 0 radical (unpaired) electrons. The molecule has 2 amide bonds. The Morgan fingerprint density at radius 1 is 1.32 bits per heavy atom. The molecule has 6 nitrogen and oxygen atoms in total. The summed E-state index contributed by atoms with van der Waals surface area (Å²) < 4.78 is 0. The molecule has 1 fully saturated rings. The van der Waals surface area contributed by atoms with E-state index >= 15 is 0 Å². The van der Waals surface area contributed by atoms with E-state index in [0.717, 1.165) is 25.7 Å². The average Bonchev–Trinajstić information content (AvgIpc) is 2.39. The number of thioether (sulfide) groups is 1. The Balaban J connectivity index is 2.32. The predicted octanol–water partition coefficient (Wildman–Crippen LogP) is 0.795. The first-order valence-corrected chi connectivity index (χ1v) is 7.79. The first-order chi connectivity index (χ1) is 9.06. The van der Waals surface area contributed by atoms with Crippen molar-refractivity contribution in [2.75, 3.05) is 12.9 Å². The third kappa shape index (κ3) is 5.69. The maximum absolute atomic E-state index is 11.7. The first-order valence-electron chi connectivity index (χ1n) is 6.50. The van der Waals surface area contributed by atoms with Gasteiger partial charge in [0.25, 0.3) is 0 Å². The third-order valence-electron chi connectivity index (χ3n) is 3.36. The number of aliphatic carboxylic acids is 1. The van der Waals surface area contributed by atoms with Crippen LogP contribution in [0.1, 0.15) is 32.1 Å². The van der Waals surface area contributed by atoms with Gasteiger partial charge in [0.05, 0.1) is 0 Å². The van der Waals surface area contributed by atoms with Crippen molar-refractivity contribution in [2.45, 2.75) is 49.4 Å². The minimum Gasteiger partial charge on any atom is -0.480 e. The highest BCUT2D eigenvalue weighted by Gasteiger charge is 2.24. The van der Waals surface area contributed by atoms with Gasteiger partial charge in [-0.3, -0.25) is 0 Å². The van der Waals surface area contributed by atoms with Gasteiger partial charge in [0.2, 0.25) is 0 Å². The van der Waals surface area contributed by atoms with Gasteiger partial charge < -0.3 is 20.8 Å². The minimum absolute atomic E-state index is 0.0158. The molecular weight excluding hydrogens is 268 g/mol. The molecule has 0 aliphatic heterocycles. The Kier molecular flexibility index (Phi) is 7.01. The molecule has 1 rings (SSSR count). The number of aliphatic hydroxyl groups is 1. The zero-order valence-corrected chi connectivity index (χ0v) is 11.9. The molecule has 0 heterocycles. The predicted molar refractivity (Wildman–Crippen MR) is 74.4 cm³/mol.